The molecular formula is C30H38N4. The highest BCUT2D eigenvalue weighted by atomic mass is 15.2. The van der Waals surface area contributed by atoms with Crippen molar-refractivity contribution in [3.8, 4) is 0 Å². The maximum absolute atomic E-state index is 4.62. The van der Waals surface area contributed by atoms with Crippen LogP contribution in [0.4, 0.5) is 5.69 Å². The average molecular weight is 455 g/mol. The number of piperidine rings is 1. The Balaban J connectivity index is 1.48. The summed E-state index contributed by atoms with van der Waals surface area (Å²) in [5, 5.41) is 1.15. The second-order valence-corrected chi connectivity index (χ2v) is 10.2. The molecule has 0 radical (unpaired) electrons. The molecule has 4 nitrogen and oxygen atoms in total. The molecule has 1 saturated carbocycles. The van der Waals surface area contributed by atoms with E-state index in [-0.39, 0.29) is 0 Å². The van der Waals surface area contributed by atoms with Crippen LogP contribution < -0.4 is 4.90 Å². The zero-order valence-electron chi connectivity index (χ0n) is 21.4. The molecule has 3 heterocycles. The first kappa shape index (κ1) is 22.8. The van der Waals surface area contributed by atoms with Gasteiger partial charge in [0.15, 0.2) is 0 Å². The summed E-state index contributed by atoms with van der Waals surface area (Å²) in [6.45, 7) is 20.2. The third-order valence-electron chi connectivity index (χ3n) is 8.46. The van der Waals surface area contributed by atoms with Crippen LogP contribution in [0.3, 0.4) is 0 Å². The number of fused-ring (bicyclic) bond motifs is 3. The highest BCUT2D eigenvalue weighted by molar-refractivity contribution is 5.87. The van der Waals surface area contributed by atoms with Gasteiger partial charge in [-0.3, -0.25) is 0 Å². The van der Waals surface area contributed by atoms with E-state index >= 15 is 0 Å². The zero-order valence-corrected chi connectivity index (χ0v) is 21.4. The normalized spacial score (nSPS) is 21.4. The predicted octanol–water partition coefficient (Wildman–Crippen LogP) is 6.74. The maximum atomic E-state index is 4.62. The smallest absolute Gasteiger partial charge is 0.140 e. The summed E-state index contributed by atoms with van der Waals surface area (Å²) in [6, 6.07) is 11.7. The van der Waals surface area contributed by atoms with Gasteiger partial charge in [-0.25, -0.2) is 4.98 Å². The van der Waals surface area contributed by atoms with E-state index in [0.717, 1.165) is 47.2 Å². The van der Waals surface area contributed by atoms with Crippen LogP contribution in [0.1, 0.15) is 56.0 Å². The molecule has 5 rings (SSSR count). The fraction of sp³-hybridized carbons (Fsp3) is 0.433. The molecule has 1 saturated heterocycles. The first-order valence-corrected chi connectivity index (χ1v) is 12.8. The topological polar surface area (TPSA) is 24.3 Å². The standard InChI is InChI=1S/C30H38N4/c1-8-23-16-26(21(5)34-18-25-12-13-27(34)20(25)4)15-19(3)29(23)32(7)22(6)28-17-24-11-10-14-31-30(24)33(28)9-2/h10-11,14-17,20,25,27H,5-6,8-9,12-13,18H2,1-4,7H3/t20-,25-,27-/m1/s1. The second-order valence-electron chi connectivity index (χ2n) is 10.2. The van der Waals surface area contributed by atoms with Crippen molar-refractivity contribution in [1.29, 1.82) is 0 Å². The molecule has 1 aliphatic carbocycles. The lowest BCUT2D eigenvalue weighted by molar-refractivity contribution is 0.305. The van der Waals surface area contributed by atoms with Crippen LogP contribution in [0.2, 0.25) is 0 Å². The Hall–Kier alpha value is -3.01. The van der Waals surface area contributed by atoms with E-state index < -0.39 is 0 Å². The number of hydrogen-bond acceptors (Lipinski definition) is 3. The molecule has 3 atom stereocenters. The van der Waals surface area contributed by atoms with Crippen LogP contribution in [0.25, 0.3) is 22.4 Å². The first-order chi connectivity index (χ1) is 16.3. The van der Waals surface area contributed by atoms with Crippen LogP contribution in [-0.2, 0) is 13.0 Å². The molecule has 2 aliphatic rings. The van der Waals surface area contributed by atoms with Gasteiger partial charge in [-0.15, -0.1) is 0 Å². The number of aromatic nitrogens is 2. The predicted molar refractivity (Wildman–Crippen MR) is 145 cm³/mol. The van der Waals surface area contributed by atoms with E-state index in [1.807, 2.05) is 12.3 Å². The van der Waals surface area contributed by atoms with Gasteiger partial charge in [0.25, 0.3) is 0 Å². The Labute approximate surface area is 204 Å². The van der Waals surface area contributed by atoms with Gasteiger partial charge in [0.05, 0.1) is 11.4 Å². The molecule has 0 amide bonds. The van der Waals surface area contributed by atoms with Crippen LogP contribution in [0.15, 0.2) is 49.7 Å². The Morgan fingerprint density at radius 1 is 1.18 bits per heavy atom. The van der Waals surface area contributed by atoms with Gasteiger partial charge in [-0.1, -0.05) is 27.0 Å². The van der Waals surface area contributed by atoms with Gasteiger partial charge >= 0.3 is 0 Å². The molecule has 2 aromatic heterocycles. The molecule has 1 aromatic carbocycles. The minimum Gasteiger partial charge on any atom is -0.368 e. The molecule has 2 fully saturated rings. The van der Waals surface area contributed by atoms with Crippen molar-refractivity contribution in [3.63, 3.8) is 0 Å². The summed E-state index contributed by atoms with van der Waals surface area (Å²) >= 11 is 0. The van der Waals surface area contributed by atoms with Crippen LogP contribution in [0, 0.1) is 18.8 Å². The van der Waals surface area contributed by atoms with Crippen molar-refractivity contribution >= 4 is 28.1 Å². The molecule has 2 bridgehead atoms. The molecule has 34 heavy (non-hydrogen) atoms. The number of rotatable bonds is 7. The number of aryl methyl sites for hydroxylation is 3. The van der Waals surface area contributed by atoms with Crippen LogP contribution >= 0.6 is 0 Å². The molecule has 1 aliphatic heterocycles. The van der Waals surface area contributed by atoms with Crippen molar-refractivity contribution in [3.05, 3.63) is 72.1 Å². The highest BCUT2D eigenvalue weighted by Crippen LogP contribution is 2.46. The Bertz CT molecular complexity index is 1270. The largest absolute Gasteiger partial charge is 0.368 e. The quantitative estimate of drug-likeness (QED) is 0.395. The third kappa shape index (κ3) is 3.46. The number of benzene rings is 1. The van der Waals surface area contributed by atoms with E-state index in [0.29, 0.717) is 6.04 Å². The first-order valence-electron chi connectivity index (χ1n) is 12.8. The lowest BCUT2D eigenvalue weighted by Gasteiger charge is -2.33. The monoisotopic (exact) mass is 454 g/mol. The number of anilines is 1. The van der Waals surface area contributed by atoms with Gasteiger partial charge in [-0.05, 0) is 92.0 Å². The summed E-state index contributed by atoms with van der Waals surface area (Å²) in [7, 11) is 2.14. The summed E-state index contributed by atoms with van der Waals surface area (Å²) in [5.74, 6) is 1.62. The summed E-state index contributed by atoms with van der Waals surface area (Å²) in [5.41, 5.74) is 9.46. The Kier molecular flexibility index (Phi) is 5.79. The SMILES string of the molecule is C=C(c1cc2cccnc2n1CC)N(C)c1c(C)cc(C(=C)N2C[C@H]3CC[C@@H]2[C@@H]3C)cc1CC. The Morgan fingerprint density at radius 2 is 1.97 bits per heavy atom. The molecular weight excluding hydrogens is 416 g/mol. The van der Waals surface area contributed by atoms with Gasteiger partial charge in [0.1, 0.15) is 5.65 Å². The average Bonchev–Trinajstić information content (AvgIpc) is 3.51. The molecule has 0 unspecified atom stereocenters. The van der Waals surface area contributed by atoms with Crippen molar-refractivity contribution < 1.29 is 0 Å². The van der Waals surface area contributed by atoms with E-state index in [1.54, 1.807) is 0 Å². The van der Waals surface area contributed by atoms with Crippen molar-refractivity contribution in [2.45, 2.75) is 59.5 Å². The van der Waals surface area contributed by atoms with E-state index in [1.165, 1.54) is 47.5 Å². The second kappa shape index (κ2) is 8.65. The molecule has 3 aromatic rings. The van der Waals surface area contributed by atoms with Gasteiger partial charge in [0, 0.05) is 49.1 Å². The number of likely N-dealkylation sites (tertiary alicyclic amines) is 1. The highest BCUT2D eigenvalue weighted by Gasteiger charge is 2.44. The number of nitrogens with zero attached hydrogens (tertiary/aromatic N) is 4. The number of hydrogen-bond donors (Lipinski definition) is 0. The molecule has 0 spiro atoms. The van der Waals surface area contributed by atoms with E-state index in [9.17, 15) is 0 Å². The third-order valence-corrected chi connectivity index (χ3v) is 8.46. The lowest BCUT2D eigenvalue weighted by Crippen LogP contribution is -2.31. The van der Waals surface area contributed by atoms with Crippen LogP contribution in [0.5, 0.6) is 0 Å². The summed E-state index contributed by atoms with van der Waals surface area (Å²) < 4.78 is 2.26. The lowest BCUT2D eigenvalue weighted by atomic mass is 9.97. The Morgan fingerprint density at radius 3 is 2.62 bits per heavy atom. The molecule has 0 N–H and O–H groups in total. The van der Waals surface area contributed by atoms with Crippen molar-refractivity contribution in [2.24, 2.45) is 11.8 Å². The fourth-order valence-corrected chi connectivity index (χ4v) is 6.51. The zero-order chi connectivity index (χ0) is 24.1. The number of pyridine rings is 1. The molecule has 178 valence electrons. The fourth-order valence-electron chi connectivity index (χ4n) is 6.51. The summed E-state index contributed by atoms with van der Waals surface area (Å²) in [6.07, 6.45) is 5.52. The van der Waals surface area contributed by atoms with Gasteiger partial charge in [0.2, 0.25) is 0 Å². The van der Waals surface area contributed by atoms with Crippen molar-refractivity contribution in [2.75, 3.05) is 18.5 Å². The maximum Gasteiger partial charge on any atom is 0.140 e. The van der Waals surface area contributed by atoms with Gasteiger partial charge < -0.3 is 14.4 Å². The van der Waals surface area contributed by atoms with Crippen LogP contribution in [-0.4, -0.2) is 34.1 Å². The van der Waals surface area contributed by atoms with E-state index in [4.69, 9.17) is 0 Å². The molecule has 4 heteroatoms. The van der Waals surface area contributed by atoms with Crippen molar-refractivity contribution in [1.82, 2.24) is 14.5 Å². The van der Waals surface area contributed by atoms with E-state index in [2.05, 4.69) is 91.5 Å². The minimum absolute atomic E-state index is 0.662. The minimum atomic E-state index is 0.662. The van der Waals surface area contributed by atoms with Gasteiger partial charge in [-0.2, -0.15) is 0 Å². The summed E-state index contributed by atoms with van der Waals surface area (Å²) in [4.78, 5) is 9.47.